The van der Waals surface area contributed by atoms with Crippen molar-refractivity contribution < 1.29 is 13.2 Å². The van der Waals surface area contributed by atoms with Gasteiger partial charge in [-0.1, -0.05) is 30.3 Å². The average molecular weight is 339 g/mol. The normalized spacial score (nSPS) is 19.4. The summed E-state index contributed by atoms with van der Waals surface area (Å²) in [6, 6.07) is 9.15. The first-order valence-corrected chi connectivity index (χ1v) is 9.58. The number of hydrogen-bond donors (Lipinski definition) is 2. The monoisotopic (exact) mass is 339 g/mol. The van der Waals surface area contributed by atoms with Gasteiger partial charge >= 0.3 is 0 Å². The van der Waals surface area contributed by atoms with E-state index in [1.54, 1.807) is 0 Å². The molecule has 0 bridgehead atoms. The molecule has 1 atom stereocenters. The number of rotatable bonds is 7. The van der Waals surface area contributed by atoms with Crippen molar-refractivity contribution in [3.05, 3.63) is 35.9 Å². The van der Waals surface area contributed by atoms with Crippen LogP contribution in [0.3, 0.4) is 0 Å². The second-order valence-corrected chi connectivity index (χ2v) is 7.80. The van der Waals surface area contributed by atoms with Crippen LogP contribution in [-0.4, -0.2) is 51.9 Å². The van der Waals surface area contributed by atoms with Gasteiger partial charge in [-0.15, -0.1) is 0 Å². The van der Waals surface area contributed by atoms with Crippen LogP contribution >= 0.6 is 0 Å². The summed E-state index contributed by atoms with van der Waals surface area (Å²) in [6.07, 6.45) is 1.46. The number of hydrogen-bond acceptors (Lipinski definition) is 4. The molecule has 1 aliphatic heterocycles. The van der Waals surface area contributed by atoms with Crippen LogP contribution in [0.15, 0.2) is 30.3 Å². The topological polar surface area (TPSA) is 78.5 Å². The fraction of sp³-hybridized carbons (Fsp3) is 0.562. The van der Waals surface area contributed by atoms with E-state index in [0.717, 1.165) is 18.4 Å². The Morgan fingerprint density at radius 1 is 1.26 bits per heavy atom. The van der Waals surface area contributed by atoms with E-state index in [4.69, 9.17) is 0 Å². The minimum absolute atomic E-state index is 0.0120. The molecule has 0 aliphatic carbocycles. The average Bonchev–Trinajstić information content (AvgIpc) is 2.55. The molecule has 2 rings (SSSR count). The van der Waals surface area contributed by atoms with Gasteiger partial charge in [-0.3, -0.25) is 4.79 Å². The predicted octanol–water partition coefficient (Wildman–Crippen LogP) is 0.564. The van der Waals surface area contributed by atoms with Gasteiger partial charge in [0.1, 0.15) is 0 Å². The van der Waals surface area contributed by atoms with E-state index in [9.17, 15) is 13.2 Å². The molecule has 1 aliphatic rings. The van der Waals surface area contributed by atoms with Crippen LogP contribution in [0.1, 0.15) is 18.4 Å². The lowest BCUT2D eigenvalue weighted by Crippen LogP contribution is -2.46. The number of carbonyl (C=O) groups excluding carboxylic acids is 1. The Bertz CT molecular complexity index is 604. The highest BCUT2D eigenvalue weighted by molar-refractivity contribution is 7.88. The SMILES string of the molecule is CNCCNC(=O)C1CCCN(S(=O)(=O)Cc2ccccc2)C1. The quantitative estimate of drug-likeness (QED) is 0.712. The zero-order valence-electron chi connectivity index (χ0n) is 13.5. The summed E-state index contributed by atoms with van der Waals surface area (Å²) in [5, 5.41) is 5.82. The fourth-order valence-corrected chi connectivity index (χ4v) is 4.35. The molecule has 7 heteroatoms. The molecule has 0 radical (unpaired) electrons. The van der Waals surface area contributed by atoms with E-state index in [0.29, 0.717) is 19.6 Å². The molecule has 1 aromatic carbocycles. The van der Waals surface area contributed by atoms with Crippen LogP contribution in [0, 0.1) is 5.92 Å². The van der Waals surface area contributed by atoms with Crippen molar-refractivity contribution in [1.29, 1.82) is 0 Å². The van der Waals surface area contributed by atoms with Crippen molar-refractivity contribution in [3.63, 3.8) is 0 Å². The van der Waals surface area contributed by atoms with E-state index < -0.39 is 10.0 Å². The second-order valence-electron chi connectivity index (χ2n) is 5.83. The van der Waals surface area contributed by atoms with Crippen molar-refractivity contribution >= 4 is 15.9 Å². The molecule has 2 N–H and O–H groups in total. The number of likely N-dealkylation sites (N-methyl/N-ethyl adjacent to an activating group) is 1. The first-order valence-electron chi connectivity index (χ1n) is 7.97. The predicted molar refractivity (Wildman–Crippen MR) is 90.3 cm³/mol. The molecule has 1 fully saturated rings. The van der Waals surface area contributed by atoms with Gasteiger partial charge in [-0.05, 0) is 25.5 Å². The van der Waals surface area contributed by atoms with E-state index in [-0.39, 0.29) is 24.1 Å². The summed E-state index contributed by atoms with van der Waals surface area (Å²) < 4.78 is 26.6. The number of amides is 1. The summed E-state index contributed by atoms with van der Waals surface area (Å²) in [6.45, 7) is 2.03. The zero-order chi connectivity index (χ0) is 16.7. The maximum atomic E-state index is 12.6. The largest absolute Gasteiger partial charge is 0.355 e. The van der Waals surface area contributed by atoms with Gasteiger partial charge in [0.2, 0.25) is 15.9 Å². The van der Waals surface area contributed by atoms with Gasteiger partial charge in [0.15, 0.2) is 0 Å². The Morgan fingerprint density at radius 3 is 2.70 bits per heavy atom. The number of piperidine rings is 1. The molecular weight excluding hydrogens is 314 g/mol. The number of nitrogens with one attached hydrogen (secondary N) is 2. The van der Waals surface area contributed by atoms with Crippen LogP contribution in [0.2, 0.25) is 0 Å². The molecule has 1 aromatic rings. The summed E-state index contributed by atoms with van der Waals surface area (Å²) in [7, 11) is -1.56. The molecule has 0 spiro atoms. The van der Waals surface area contributed by atoms with Gasteiger partial charge in [-0.2, -0.15) is 0 Å². The number of nitrogens with zero attached hydrogens (tertiary/aromatic N) is 1. The maximum Gasteiger partial charge on any atom is 0.224 e. The van der Waals surface area contributed by atoms with Gasteiger partial charge in [0.05, 0.1) is 11.7 Å². The molecule has 128 valence electrons. The second kappa shape index (κ2) is 8.42. The lowest BCUT2D eigenvalue weighted by molar-refractivity contribution is -0.126. The van der Waals surface area contributed by atoms with Gasteiger partial charge < -0.3 is 10.6 Å². The molecule has 1 amide bonds. The van der Waals surface area contributed by atoms with E-state index >= 15 is 0 Å². The molecule has 1 unspecified atom stereocenters. The standard InChI is InChI=1S/C16H25N3O3S/c1-17-9-10-18-16(20)15-8-5-11-19(12-15)23(21,22)13-14-6-3-2-4-7-14/h2-4,6-7,15,17H,5,8-13H2,1H3,(H,18,20). The van der Waals surface area contributed by atoms with Crippen molar-refractivity contribution in [1.82, 2.24) is 14.9 Å². The highest BCUT2D eigenvalue weighted by Gasteiger charge is 2.32. The minimum Gasteiger partial charge on any atom is -0.355 e. The number of carbonyl (C=O) groups is 1. The van der Waals surface area contributed by atoms with Crippen molar-refractivity contribution in [2.75, 3.05) is 33.2 Å². The summed E-state index contributed by atoms with van der Waals surface area (Å²) in [5.41, 5.74) is 0.771. The van der Waals surface area contributed by atoms with Crippen molar-refractivity contribution in [2.24, 2.45) is 5.92 Å². The van der Waals surface area contributed by atoms with Crippen LogP contribution < -0.4 is 10.6 Å². The third kappa shape index (κ3) is 5.30. The molecule has 23 heavy (non-hydrogen) atoms. The van der Waals surface area contributed by atoms with Crippen LogP contribution in [0.5, 0.6) is 0 Å². The number of sulfonamides is 1. The molecular formula is C16H25N3O3S. The highest BCUT2D eigenvalue weighted by atomic mass is 32.2. The lowest BCUT2D eigenvalue weighted by atomic mass is 9.99. The minimum atomic E-state index is -3.39. The first-order chi connectivity index (χ1) is 11.0. The van der Waals surface area contributed by atoms with Crippen LogP contribution in [-0.2, 0) is 20.6 Å². The summed E-state index contributed by atoms with van der Waals surface area (Å²) in [5.74, 6) is -0.326. The molecule has 0 saturated carbocycles. The third-order valence-electron chi connectivity index (χ3n) is 4.01. The Hall–Kier alpha value is -1.44. The van der Waals surface area contributed by atoms with Crippen molar-refractivity contribution in [3.8, 4) is 0 Å². The molecule has 6 nitrogen and oxygen atoms in total. The molecule has 0 aromatic heterocycles. The maximum absolute atomic E-state index is 12.6. The van der Waals surface area contributed by atoms with Gasteiger partial charge in [-0.25, -0.2) is 12.7 Å². The number of benzene rings is 1. The molecule has 1 heterocycles. The third-order valence-corrected chi connectivity index (χ3v) is 5.83. The van der Waals surface area contributed by atoms with E-state index in [1.165, 1.54) is 4.31 Å². The Balaban J connectivity index is 1.95. The fourth-order valence-electron chi connectivity index (χ4n) is 2.74. The smallest absolute Gasteiger partial charge is 0.224 e. The summed E-state index contributed by atoms with van der Waals surface area (Å²) >= 11 is 0. The molecule has 1 saturated heterocycles. The summed E-state index contributed by atoms with van der Waals surface area (Å²) in [4.78, 5) is 12.1. The van der Waals surface area contributed by atoms with E-state index in [1.807, 2.05) is 37.4 Å². The van der Waals surface area contributed by atoms with Gasteiger partial charge in [0.25, 0.3) is 0 Å². The Labute approximate surface area is 138 Å². The van der Waals surface area contributed by atoms with E-state index in [2.05, 4.69) is 10.6 Å². The highest BCUT2D eigenvalue weighted by Crippen LogP contribution is 2.21. The van der Waals surface area contributed by atoms with Crippen molar-refractivity contribution in [2.45, 2.75) is 18.6 Å². The Kier molecular flexibility index (Phi) is 6.56. The van der Waals surface area contributed by atoms with Crippen LogP contribution in [0.4, 0.5) is 0 Å². The zero-order valence-corrected chi connectivity index (χ0v) is 14.3. The van der Waals surface area contributed by atoms with Gasteiger partial charge in [0, 0.05) is 26.2 Å². The Morgan fingerprint density at radius 2 is 2.00 bits per heavy atom. The first kappa shape index (κ1) is 17.9. The van der Waals surface area contributed by atoms with Crippen LogP contribution in [0.25, 0.3) is 0 Å². The lowest BCUT2D eigenvalue weighted by Gasteiger charge is -2.31.